The zero-order chi connectivity index (χ0) is 14.9. The van der Waals surface area contributed by atoms with Crippen molar-refractivity contribution in [2.24, 2.45) is 0 Å². The van der Waals surface area contributed by atoms with E-state index in [-0.39, 0.29) is 17.3 Å². The molecular formula is C13H22N2O4S. The maximum atomic E-state index is 11.9. The summed E-state index contributed by atoms with van der Waals surface area (Å²) in [6, 6.07) is 3.24. The molecule has 0 amide bonds. The molecule has 1 aromatic heterocycles. The second-order valence-corrected chi connectivity index (χ2v) is 7.54. The first-order chi connectivity index (χ1) is 9.29. The van der Waals surface area contributed by atoms with E-state index in [1.54, 1.807) is 6.07 Å². The lowest BCUT2D eigenvalue weighted by Gasteiger charge is -2.34. The zero-order valence-corrected chi connectivity index (χ0v) is 13.2. The van der Waals surface area contributed by atoms with Gasteiger partial charge in [0.15, 0.2) is 0 Å². The van der Waals surface area contributed by atoms with E-state index < -0.39 is 10.0 Å². The third-order valence-electron chi connectivity index (χ3n) is 3.25. The van der Waals surface area contributed by atoms with E-state index in [1.807, 2.05) is 13.8 Å². The number of sulfonamides is 1. The van der Waals surface area contributed by atoms with Gasteiger partial charge in [0, 0.05) is 27.2 Å². The highest BCUT2D eigenvalue weighted by Gasteiger charge is 2.25. The second-order valence-electron chi connectivity index (χ2n) is 5.46. The van der Waals surface area contributed by atoms with Crippen LogP contribution in [-0.4, -0.2) is 57.0 Å². The molecule has 2 heterocycles. The SMILES string of the molecule is CC1CN(Cc2ccc(S(=O)(=O)N(C)C)o2)CC(C)O1. The molecule has 1 aromatic rings. The van der Waals surface area contributed by atoms with Crippen LogP contribution in [0.15, 0.2) is 21.6 Å². The van der Waals surface area contributed by atoms with Gasteiger partial charge in [-0.05, 0) is 26.0 Å². The minimum absolute atomic E-state index is 0.00754. The number of nitrogens with zero attached hydrogens (tertiary/aromatic N) is 2. The number of ether oxygens (including phenoxy) is 1. The van der Waals surface area contributed by atoms with Crippen LogP contribution < -0.4 is 0 Å². The monoisotopic (exact) mass is 302 g/mol. The Morgan fingerprint density at radius 3 is 2.40 bits per heavy atom. The number of hydrogen-bond acceptors (Lipinski definition) is 5. The second kappa shape index (κ2) is 5.85. The average Bonchev–Trinajstić information content (AvgIpc) is 2.76. The highest BCUT2D eigenvalue weighted by Crippen LogP contribution is 2.20. The maximum Gasteiger partial charge on any atom is 0.275 e. The molecule has 0 N–H and O–H groups in total. The lowest BCUT2D eigenvalue weighted by Crippen LogP contribution is -2.44. The molecule has 0 aromatic carbocycles. The van der Waals surface area contributed by atoms with Gasteiger partial charge in [-0.1, -0.05) is 0 Å². The lowest BCUT2D eigenvalue weighted by atomic mass is 10.2. The molecule has 20 heavy (non-hydrogen) atoms. The van der Waals surface area contributed by atoms with Gasteiger partial charge < -0.3 is 9.15 Å². The van der Waals surface area contributed by atoms with Crippen molar-refractivity contribution in [2.45, 2.75) is 37.7 Å². The van der Waals surface area contributed by atoms with Crippen molar-refractivity contribution in [3.8, 4) is 0 Å². The summed E-state index contributed by atoms with van der Waals surface area (Å²) < 4.78 is 36.2. The Balaban J connectivity index is 2.07. The van der Waals surface area contributed by atoms with Crippen molar-refractivity contribution < 1.29 is 17.6 Å². The predicted molar refractivity (Wildman–Crippen MR) is 74.9 cm³/mol. The van der Waals surface area contributed by atoms with Crippen LogP contribution in [0.1, 0.15) is 19.6 Å². The predicted octanol–water partition coefficient (Wildman–Crippen LogP) is 1.14. The molecule has 0 aliphatic carbocycles. The Bertz CT molecular complexity index is 542. The van der Waals surface area contributed by atoms with Gasteiger partial charge in [0.2, 0.25) is 5.09 Å². The molecule has 1 aliphatic heterocycles. The van der Waals surface area contributed by atoms with Crippen LogP contribution in [0.4, 0.5) is 0 Å². The molecule has 2 atom stereocenters. The molecule has 0 saturated carbocycles. The summed E-state index contributed by atoms with van der Waals surface area (Å²) in [5.74, 6) is 0.659. The molecule has 0 radical (unpaired) electrons. The van der Waals surface area contributed by atoms with Crippen LogP contribution in [0.2, 0.25) is 0 Å². The molecule has 0 spiro atoms. The van der Waals surface area contributed by atoms with Gasteiger partial charge in [-0.15, -0.1) is 0 Å². The van der Waals surface area contributed by atoms with E-state index in [2.05, 4.69) is 4.90 Å². The normalized spacial score (nSPS) is 25.2. The largest absolute Gasteiger partial charge is 0.447 e. The van der Waals surface area contributed by atoms with Crippen LogP contribution in [0.5, 0.6) is 0 Å². The van der Waals surface area contributed by atoms with Crippen LogP contribution in [0.3, 0.4) is 0 Å². The average molecular weight is 302 g/mol. The third-order valence-corrected chi connectivity index (χ3v) is 4.94. The van der Waals surface area contributed by atoms with E-state index in [0.29, 0.717) is 12.3 Å². The van der Waals surface area contributed by atoms with Gasteiger partial charge in [-0.2, -0.15) is 0 Å². The summed E-state index contributed by atoms with van der Waals surface area (Å²) in [4.78, 5) is 2.21. The number of furan rings is 1. The number of rotatable bonds is 4. The maximum absolute atomic E-state index is 11.9. The Morgan fingerprint density at radius 2 is 1.85 bits per heavy atom. The van der Waals surface area contributed by atoms with Gasteiger partial charge in [-0.25, -0.2) is 12.7 Å². The van der Waals surface area contributed by atoms with Crippen molar-refractivity contribution in [3.05, 3.63) is 17.9 Å². The minimum atomic E-state index is -3.49. The van der Waals surface area contributed by atoms with Gasteiger partial charge in [0.1, 0.15) is 5.76 Å². The quantitative estimate of drug-likeness (QED) is 0.834. The van der Waals surface area contributed by atoms with Gasteiger partial charge in [0.25, 0.3) is 10.0 Å². The van der Waals surface area contributed by atoms with Crippen molar-refractivity contribution >= 4 is 10.0 Å². The highest BCUT2D eigenvalue weighted by molar-refractivity contribution is 7.88. The first-order valence-corrected chi connectivity index (χ1v) is 8.12. The van der Waals surface area contributed by atoms with Crippen molar-refractivity contribution in [2.75, 3.05) is 27.2 Å². The number of hydrogen-bond donors (Lipinski definition) is 0. The molecule has 0 bridgehead atoms. The van der Waals surface area contributed by atoms with Gasteiger partial charge in [0.05, 0.1) is 18.8 Å². The zero-order valence-electron chi connectivity index (χ0n) is 12.4. The van der Waals surface area contributed by atoms with Crippen LogP contribution in [0.25, 0.3) is 0 Å². The molecule has 6 nitrogen and oxygen atoms in total. The molecule has 2 unspecified atom stereocenters. The fourth-order valence-electron chi connectivity index (χ4n) is 2.40. The summed E-state index contributed by atoms with van der Waals surface area (Å²) >= 11 is 0. The smallest absolute Gasteiger partial charge is 0.275 e. The number of morpholine rings is 1. The molecule has 7 heteroatoms. The standard InChI is InChI=1S/C13H22N2O4S/c1-10-7-15(8-11(2)18-10)9-12-5-6-13(19-12)20(16,17)14(3)4/h5-6,10-11H,7-9H2,1-4H3. The molecule has 1 saturated heterocycles. The van der Waals surface area contributed by atoms with E-state index in [0.717, 1.165) is 17.4 Å². The van der Waals surface area contributed by atoms with Crippen molar-refractivity contribution in [1.82, 2.24) is 9.21 Å². The molecule has 1 aliphatic rings. The van der Waals surface area contributed by atoms with E-state index in [4.69, 9.17) is 9.15 Å². The Labute approximate surface area is 120 Å². The Morgan fingerprint density at radius 1 is 1.25 bits per heavy atom. The van der Waals surface area contributed by atoms with E-state index in [1.165, 1.54) is 20.2 Å². The van der Waals surface area contributed by atoms with Crippen LogP contribution in [0, 0.1) is 0 Å². The summed E-state index contributed by atoms with van der Waals surface area (Å²) in [5, 5.41) is -0.00754. The Hall–Kier alpha value is -0.890. The van der Waals surface area contributed by atoms with Crippen molar-refractivity contribution in [3.63, 3.8) is 0 Å². The Kier molecular flexibility index (Phi) is 4.53. The fourth-order valence-corrected chi connectivity index (χ4v) is 3.21. The van der Waals surface area contributed by atoms with E-state index >= 15 is 0 Å². The van der Waals surface area contributed by atoms with Gasteiger partial charge in [-0.3, -0.25) is 4.90 Å². The summed E-state index contributed by atoms with van der Waals surface area (Å²) in [5.41, 5.74) is 0. The lowest BCUT2D eigenvalue weighted by molar-refractivity contribution is -0.0720. The summed E-state index contributed by atoms with van der Waals surface area (Å²) in [7, 11) is -0.517. The van der Waals surface area contributed by atoms with Crippen LogP contribution >= 0.6 is 0 Å². The van der Waals surface area contributed by atoms with E-state index in [9.17, 15) is 8.42 Å². The van der Waals surface area contributed by atoms with Crippen LogP contribution in [-0.2, 0) is 21.3 Å². The fraction of sp³-hybridized carbons (Fsp3) is 0.692. The molecule has 1 fully saturated rings. The topological polar surface area (TPSA) is 63.0 Å². The van der Waals surface area contributed by atoms with Gasteiger partial charge >= 0.3 is 0 Å². The third kappa shape index (κ3) is 3.41. The molecule has 2 rings (SSSR count). The first kappa shape index (κ1) is 15.5. The van der Waals surface area contributed by atoms with Crippen molar-refractivity contribution in [1.29, 1.82) is 0 Å². The summed E-state index contributed by atoms with van der Waals surface area (Å²) in [6.07, 6.45) is 0.359. The molecule has 114 valence electrons. The molecular weight excluding hydrogens is 280 g/mol. The highest BCUT2D eigenvalue weighted by atomic mass is 32.2. The summed E-state index contributed by atoms with van der Waals surface area (Å²) in [6.45, 7) is 6.31. The minimum Gasteiger partial charge on any atom is -0.447 e. The first-order valence-electron chi connectivity index (χ1n) is 6.68.